The lowest BCUT2D eigenvalue weighted by Gasteiger charge is -2.37. The fourth-order valence-electron chi connectivity index (χ4n) is 4.89. The zero-order chi connectivity index (χ0) is 27.0. The SMILES string of the molecule is Cc1noc(/C=C/c2ccc(F)cc2F)c1S(=O)(=O)N1CCC(C(=O)N2CC(C)Oc3ccccc32)CC1. The van der Waals surface area contributed by atoms with Crippen LogP contribution in [0.5, 0.6) is 5.75 Å². The Morgan fingerprint density at radius 3 is 2.58 bits per heavy atom. The first-order chi connectivity index (χ1) is 18.1. The van der Waals surface area contributed by atoms with Gasteiger partial charge in [0.25, 0.3) is 0 Å². The van der Waals surface area contributed by atoms with Gasteiger partial charge in [-0.05, 0) is 63.1 Å². The van der Waals surface area contributed by atoms with E-state index in [0.29, 0.717) is 25.1 Å². The van der Waals surface area contributed by atoms with Crippen molar-refractivity contribution in [2.24, 2.45) is 5.92 Å². The quantitative estimate of drug-likeness (QED) is 0.465. The predicted molar refractivity (Wildman–Crippen MR) is 137 cm³/mol. The molecule has 3 aromatic rings. The molecule has 1 unspecified atom stereocenters. The normalized spacial score (nSPS) is 18.9. The zero-order valence-corrected chi connectivity index (χ0v) is 21.7. The lowest BCUT2D eigenvalue weighted by atomic mass is 9.95. The number of rotatable bonds is 5. The van der Waals surface area contributed by atoms with E-state index in [-0.39, 0.29) is 52.9 Å². The van der Waals surface area contributed by atoms with Crippen LogP contribution in [0.2, 0.25) is 0 Å². The van der Waals surface area contributed by atoms with Gasteiger partial charge in [-0.25, -0.2) is 17.2 Å². The summed E-state index contributed by atoms with van der Waals surface area (Å²) < 4.78 is 66.7. The number of piperidine rings is 1. The number of aromatic nitrogens is 1. The Morgan fingerprint density at radius 1 is 1.11 bits per heavy atom. The number of halogens is 2. The van der Waals surface area contributed by atoms with E-state index in [1.165, 1.54) is 29.4 Å². The molecule has 1 atom stereocenters. The van der Waals surface area contributed by atoms with Gasteiger partial charge >= 0.3 is 0 Å². The Hall–Kier alpha value is -3.57. The van der Waals surface area contributed by atoms with E-state index < -0.39 is 21.7 Å². The second kappa shape index (κ2) is 10.3. The lowest BCUT2D eigenvalue weighted by molar-refractivity contribution is -0.124. The van der Waals surface area contributed by atoms with Gasteiger partial charge in [0.2, 0.25) is 15.9 Å². The molecule has 5 rings (SSSR count). The van der Waals surface area contributed by atoms with Gasteiger partial charge in [0.1, 0.15) is 29.2 Å². The van der Waals surface area contributed by atoms with Gasteiger partial charge in [-0.15, -0.1) is 0 Å². The zero-order valence-electron chi connectivity index (χ0n) is 20.9. The summed E-state index contributed by atoms with van der Waals surface area (Å²) >= 11 is 0. The van der Waals surface area contributed by atoms with Gasteiger partial charge in [-0.2, -0.15) is 4.31 Å². The summed E-state index contributed by atoms with van der Waals surface area (Å²) in [5.74, 6) is -1.27. The van der Waals surface area contributed by atoms with Crippen LogP contribution in [0.25, 0.3) is 12.2 Å². The molecule has 0 saturated carbocycles. The Morgan fingerprint density at radius 2 is 1.84 bits per heavy atom. The van der Waals surface area contributed by atoms with Crippen molar-refractivity contribution in [3.63, 3.8) is 0 Å². The minimum absolute atomic E-state index is 0.0456. The molecule has 3 heterocycles. The van der Waals surface area contributed by atoms with Crippen molar-refractivity contribution in [3.05, 3.63) is 71.1 Å². The van der Waals surface area contributed by atoms with E-state index in [1.54, 1.807) is 4.90 Å². The predicted octanol–water partition coefficient (Wildman–Crippen LogP) is 4.65. The summed E-state index contributed by atoms with van der Waals surface area (Å²) in [6.45, 7) is 4.16. The number of para-hydroxylation sites is 2. The van der Waals surface area contributed by atoms with Crippen molar-refractivity contribution in [1.29, 1.82) is 0 Å². The van der Waals surface area contributed by atoms with Crippen LogP contribution in [0, 0.1) is 24.5 Å². The maximum Gasteiger partial charge on any atom is 0.248 e. The first-order valence-electron chi connectivity index (χ1n) is 12.3. The molecule has 0 spiro atoms. The Balaban J connectivity index is 1.31. The Bertz CT molecular complexity index is 1500. The number of sulfonamides is 1. The highest BCUT2D eigenvalue weighted by atomic mass is 32.2. The standard InChI is InChI=1S/C27H27F2N3O5S/c1-17-16-32(23-5-3-4-6-24(23)36-17)27(33)20-11-13-31(14-12-20)38(34,35)26-18(2)30-37-25(26)10-8-19-7-9-21(28)15-22(19)29/h3-10,15,17,20H,11-14,16H2,1-2H3/b10-8+. The van der Waals surface area contributed by atoms with Crippen LogP contribution < -0.4 is 9.64 Å². The van der Waals surface area contributed by atoms with E-state index in [1.807, 2.05) is 31.2 Å². The van der Waals surface area contributed by atoms with Gasteiger partial charge in [0.15, 0.2) is 10.7 Å². The molecule has 0 aliphatic carbocycles. The molecule has 38 heavy (non-hydrogen) atoms. The molecular weight excluding hydrogens is 516 g/mol. The number of fused-ring (bicyclic) bond motifs is 1. The summed E-state index contributed by atoms with van der Waals surface area (Å²) in [6.07, 6.45) is 3.18. The number of benzene rings is 2. The van der Waals surface area contributed by atoms with Crippen molar-refractivity contribution in [1.82, 2.24) is 9.46 Å². The summed E-state index contributed by atoms with van der Waals surface area (Å²) in [5, 5.41) is 3.80. The van der Waals surface area contributed by atoms with Gasteiger partial charge < -0.3 is 14.2 Å². The second-order valence-electron chi connectivity index (χ2n) is 9.48. The van der Waals surface area contributed by atoms with Crippen molar-refractivity contribution >= 4 is 33.8 Å². The highest BCUT2D eigenvalue weighted by Crippen LogP contribution is 2.36. The molecule has 0 radical (unpaired) electrons. The van der Waals surface area contributed by atoms with Gasteiger partial charge in [-0.1, -0.05) is 17.3 Å². The topological polar surface area (TPSA) is 93.0 Å². The Labute approximate surface area is 219 Å². The van der Waals surface area contributed by atoms with Crippen LogP contribution in [0.15, 0.2) is 51.9 Å². The number of nitrogens with zero attached hydrogens (tertiary/aromatic N) is 3. The Kier molecular flexibility index (Phi) is 7.06. The average Bonchev–Trinajstić information content (AvgIpc) is 3.28. The van der Waals surface area contributed by atoms with E-state index in [9.17, 15) is 22.0 Å². The minimum Gasteiger partial charge on any atom is -0.487 e. The molecule has 11 heteroatoms. The van der Waals surface area contributed by atoms with Crippen LogP contribution >= 0.6 is 0 Å². The van der Waals surface area contributed by atoms with Crippen LogP contribution in [-0.4, -0.2) is 49.5 Å². The molecule has 2 aliphatic heterocycles. The van der Waals surface area contributed by atoms with Gasteiger partial charge in [-0.3, -0.25) is 4.79 Å². The average molecular weight is 544 g/mol. The molecule has 0 N–H and O–H groups in total. The van der Waals surface area contributed by atoms with Gasteiger partial charge in [0.05, 0.1) is 12.2 Å². The largest absolute Gasteiger partial charge is 0.487 e. The van der Waals surface area contributed by atoms with Crippen molar-refractivity contribution in [3.8, 4) is 5.75 Å². The third-order valence-corrected chi connectivity index (χ3v) is 8.86. The molecule has 1 fully saturated rings. The summed E-state index contributed by atoms with van der Waals surface area (Å²) in [5.41, 5.74) is 0.961. The monoisotopic (exact) mass is 543 g/mol. The van der Waals surface area contributed by atoms with E-state index in [0.717, 1.165) is 17.8 Å². The molecule has 1 amide bonds. The summed E-state index contributed by atoms with van der Waals surface area (Å²) in [4.78, 5) is 15.1. The summed E-state index contributed by atoms with van der Waals surface area (Å²) in [6, 6.07) is 10.5. The minimum atomic E-state index is -4.01. The van der Waals surface area contributed by atoms with Gasteiger partial charge in [0, 0.05) is 30.6 Å². The van der Waals surface area contributed by atoms with E-state index >= 15 is 0 Å². The van der Waals surface area contributed by atoms with Crippen molar-refractivity contribution < 1.29 is 31.3 Å². The van der Waals surface area contributed by atoms with Crippen LogP contribution in [0.4, 0.5) is 14.5 Å². The number of anilines is 1. The molecule has 1 aromatic heterocycles. The van der Waals surface area contributed by atoms with Crippen LogP contribution in [0.1, 0.15) is 36.8 Å². The van der Waals surface area contributed by atoms with Crippen molar-refractivity contribution in [2.75, 3.05) is 24.5 Å². The molecule has 2 aromatic carbocycles. The number of hydrogen-bond donors (Lipinski definition) is 0. The number of aryl methyl sites for hydroxylation is 1. The maximum atomic E-state index is 14.0. The highest BCUT2D eigenvalue weighted by Gasteiger charge is 2.38. The number of hydrogen-bond acceptors (Lipinski definition) is 6. The number of amides is 1. The second-order valence-corrected chi connectivity index (χ2v) is 11.4. The van der Waals surface area contributed by atoms with Crippen molar-refractivity contribution in [2.45, 2.75) is 37.7 Å². The molecular formula is C27H27F2N3O5S. The first kappa shape index (κ1) is 26.1. The molecule has 0 bridgehead atoms. The van der Waals surface area contributed by atoms with E-state index in [4.69, 9.17) is 9.26 Å². The number of carbonyl (C=O) groups excluding carboxylic acids is 1. The maximum absolute atomic E-state index is 14.0. The number of carbonyl (C=O) groups is 1. The molecule has 8 nitrogen and oxygen atoms in total. The van der Waals surface area contributed by atoms with Crippen LogP contribution in [0.3, 0.4) is 0 Å². The first-order valence-corrected chi connectivity index (χ1v) is 13.8. The van der Waals surface area contributed by atoms with Crippen LogP contribution in [-0.2, 0) is 14.8 Å². The third kappa shape index (κ3) is 4.95. The molecule has 200 valence electrons. The smallest absolute Gasteiger partial charge is 0.248 e. The summed E-state index contributed by atoms with van der Waals surface area (Å²) in [7, 11) is -4.01. The lowest BCUT2D eigenvalue weighted by Crippen LogP contribution is -2.48. The molecule has 1 saturated heterocycles. The fraction of sp³-hybridized carbons (Fsp3) is 0.333. The number of ether oxygens (including phenoxy) is 1. The fourth-order valence-corrected chi connectivity index (χ4v) is 6.61. The molecule has 2 aliphatic rings. The highest BCUT2D eigenvalue weighted by molar-refractivity contribution is 7.89. The van der Waals surface area contributed by atoms with E-state index in [2.05, 4.69) is 5.16 Å². The third-order valence-electron chi connectivity index (χ3n) is 6.80.